The standard InChI is InChI=1S/C13H19FN2OS/c1-4-16(8-13(2,3)17)11-6-5-9(14)7-10(11)12(15)18/h5-7,17H,4,8H2,1-3H3,(H2,15,18). The monoisotopic (exact) mass is 270 g/mol. The van der Waals surface area contributed by atoms with Crippen molar-refractivity contribution in [3.63, 3.8) is 0 Å². The molecule has 0 saturated heterocycles. The molecular formula is C13H19FN2OS. The summed E-state index contributed by atoms with van der Waals surface area (Å²) in [6.45, 7) is 6.49. The Morgan fingerprint density at radius 3 is 2.56 bits per heavy atom. The van der Waals surface area contributed by atoms with Crippen LogP contribution in [0.1, 0.15) is 26.3 Å². The molecule has 18 heavy (non-hydrogen) atoms. The fourth-order valence-electron chi connectivity index (χ4n) is 1.82. The maximum Gasteiger partial charge on any atom is 0.124 e. The zero-order chi connectivity index (χ0) is 13.9. The van der Waals surface area contributed by atoms with E-state index in [9.17, 15) is 9.50 Å². The van der Waals surface area contributed by atoms with E-state index in [2.05, 4.69) is 0 Å². The molecule has 1 rings (SSSR count). The molecule has 1 aromatic rings. The van der Waals surface area contributed by atoms with Crippen LogP contribution < -0.4 is 10.6 Å². The second kappa shape index (κ2) is 5.63. The van der Waals surface area contributed by atoms with Gasteiger partial charge < -0.3 is 15.7 Å². The summed E-state index contributed by atoms with van der Waals surface area (Å²) in [5.41, 5.74) is 6.01. The molecule has 5 heteroatoms. The van der Waals surface area contributed by atoms with Crippen molar-refractivity contribution in [2.24, 2.45) is 5.73 Å². The van der Waals surface area contributed by atoms with Gasteiger partial charge in [-0.1, -0.05) is 12.2 Å². The fraction of sp³-hybridized carbons (Fsp3) is 0.462. The van der Waals surface area contributed by atoms with Crippen molar-refractivity contribution in [2.45, 2.75) is 26.4 Å². The highest BCUT2D eigenvalue weighted by atomic mass is 32.1. The van der Waals surface area contributed by atoms with E-state index in [1.54, 1.807) is 19.9 Å². The van der Waals surface area contributed by atoms with Gasteiger partial charge in [-0.25, -0.2) is 4.39 Å². The lowest BCUT2D eigenvalue weighted by Crippen LogP contribution is -2.39. The third kappa shape index (κ3) is 3.92. The summed E-state index contributed by atoms with van der Waals surface area (Å²) in [6, 6.07) is 4.33. The Morgan fingerprint density at radius 2 is 2.11 bits per heavy atom. The second-order valence-corrected chi connectivity index (χ2v) is 5.29. The number of hydrogen-bond acceptors (Lipinski definition) is 3. The van der Waals surface area contributed by atoms with Crippen LogP contribution in [-0.2, 0) is 0 Å². The number of hydrogen-bond donors (Lipinski definition) is 2. The Hall–Kier alpha value is -1.20. The van der Waals surface area contributed by atoms with E-state index in [-0.39, 0.29) is 10.8 Å². The fourth-order valence-corrected chi connectivity index (χ4v) is 1.98. The summed E-state index contributed by atoms with van der Waals surface area (Å²) in [7, 11) is 0. The van der Waals surface area contributed by atoms with Crippen LogP contribution in [0.2, 0.25) is 0 Å². The highest BCUT2D eigenvalue weighted by molar-refractivity contribution is 7.80. The third-order valence-corrected chi connectivity index (χ3v) is 2.74. The first kappa shape index (κ1) is 14.9. The first-order chi connectivity index (χ1) is 8.24. The van der Waals surface area contributed by atoms with E-state index >= 15 is 0 Å². The smallest absolute Gasteiger partial charge is 0.124 e. The summed E-state index contributed by atoms with van der Waals surface area (Å²) < 4.78 is 13.2. The van der Waals surface area contributed by atoms with Gasteiger partial charge >= 0.3 is 0 Å². The molecule has 0 amide bonds. The number of benzene rings is 1. The number of anilines is 1. The van der Waals surface area contributed by atoms with Gasteiger partial charge in [0, 0.05) is 24.3 Å². The van der Waals surface area contributed by atoms with Crippen LogP contribution in [0.15, 0.2) is 18.2 Å². The normalized spacial score (nSPS) is 11.4. The van der Waals surface area contributed by atoms with Gasteiger partial charge in [-0.05, 0) is 39.0 Å². The van der Waals surface area contributed by atoms with Crippen LogP contribution in [0.5, 0.6) is 0 Å². The van der Waals surface area contributed by atoms with Gasteiger partial charge in [-0.3, -0.25) is 0 Å². The summed E-state index contributed by atoms with van der Waals surface area (Å²) in [6.07, 6.45) is 0. The molecule has 0 spiro atoms. The lowest BCUT2D eigenvalue weighted by molar-refractivity contribution is 0.0876. The molecule has 0 unspecified atom stereocenters. The number of nitrogens with two attached hydrogens (primary N) is 1. The molecule has 0 heterocycles. The summed E-state index contributed by atoms with van der Waals surface area (Å²) in [5, 5.41) is 9.88. The van der Waals surface area contributed by atoms with Crippen molar-refractivity contribution in [1.29, 1.82) is 0 Å². The average Bonchev–Trinajstić information content (AvgIpc) is 2.24. The zero-order valence-electron chi connectivity index (χ0n) is 10.9. The molecule has 0 aliphatic carbocycles. The predicted molar refractivity (Wildman–Crippen MR) is 76.5 cm³/mol. The number of thiocarbonyl (C=S) groups is 1. The minimum atomic E-state index is -0.849. The van der Waals surface area contributed by atoms with Gasteiger partial charge in [-0.2, -0.15) is 0 Å². The van der Waals surface area contributed by atoms with Gasteiger partial charge in [-0.15, -0.1) is 0 Å². The Kier molecular flexibility index (Phi) is 4.65. The van der Waals surface area contributed by atoms with E-state index in [1.165, 1.54) is 12.1 Å². The van der Waals surface area contributed by atoms with E-state index < -0.39 is 5.60 Å². The second-order valence-electron chi connectivity index (χ2n) is 4.85. The summed E-state index contributed by atoms with van der Waals surface area (Å²) >= 11 is 4.94. The Bertz CT molecular complexity index is 443. The summed E-state index contributed by atoms with van der Waals surface area (Å²) in [5.74, 6) is -0.374. The van der Waals surface area contributed by atoms with Gasteiger partial charge in [0.05, 0.1) is 5.60 Å². The molecule has 3 N–H and O–H groups in total. The lowest BCUT2D eigenvalue weighted by atomic mass is 10.1. The Morgan fingerprint density at radius 1 is 1.50 bits per heavy atom. The highest BCUT2D eigenvalue weighted by Crippen LogP contribution is 2.23. The van der Waals surface area contributed by atoms with E-state index in [4.69, 9.17) is 18.0 Å². The van der Waals surface area contributed by atoms with Crippen molar-refractivity contribution < 1.29 is 9.50 Å². The van der Waals surface area contributed by atoms with Crippen molar-refractivity contribution in [1.82, 2.24) is 0 Å². The number of nitrogens with zero attached hydrogens (tertiary/aromatic N) is 1. The van der Waals surface area contributed by atoms with Crippen molar-refractivity contribution in [3.05, 3.63) is 29.6 Å². The largest absolute Gasteiger partial charge is 0.389 e. The van der Waals surface area contributed by atoms with Gasteiger partial charge in [0.15, 0.2) is 0 Å². The first-order valence-corrected chi connectivity index (χ1v) is 6.22. The van der Waals surface area contributed by atoms with Gasteiger partial charge in [0.1, 0.15) is 10.8 Å². The number of likely N-dealkylation sites (N-methyl/N-ethyl adjacent to an activating group) is 1. The molecule has 0 bridgehead atoms. The molecule has 0 radical (unpaired) electrons. The molecule has 100 valence electrons. The first-order valence-electron chi connectivity index (χ1n) is 5.81. The highest BCUT2D eigenvalue weighted by Gasteiger charge is 2.20. The van der Waals surface area contributed by atoms with E-state index in [0.29, 0.717) is 18.7 Å². The molecule has 1 aromatic carbocycles. The van der Waals surface area contributed by atoms with E-state index in [0.717, 1.165) is 5.69 Å². The average molecular weight is 270 g/mol. The quantitative estimate of drug-likeness (QED) is 0.804. The van der Waals surface area contributed by atoms with Crippen LogP contribution in [0.25, 0.3) is 0 Å². The third-order valence-electron chi connectivity index (χ3n) is 2.52. The molecule has 0 aliphatic heterocycles. The minimum Gasteiger partial charge on any atom is -0.389 e. The predicted octanol–water partition coefficient (Wildman–Crippen LogP) is 2.06. The zero-order valence-corrected chi connectivity index (χ0v) is 11.7. The van der Waals surface area contributed by atoms with Crippen molar-refractivity contribution >= 4 is 22.9 Å². The van der Waals surface area contributed by atoms with Gasteiger partial charge in [0.2, 0.25) is 0 Å². The van der Waals surface area contributed by atoms with Crippen molar-refractivity contribution in [2.75, 3.05) is 18.0 Å². The molecular weight excluding hydrogens is 251 g/mol. The van der Waals surface area contributed by atoms with Crippen LogP contribution in [0, 0.1) is 5.82 Å². The van der Waals surface area contributed by atoms with Crippen LogP contribution in [0.4, 0.5) is 10.1 Å². The SMILES string of the molecule is CCN(CC(C)(C)O)c1ccc(F)cc1C(N)=S. The minimum absolute atomic E-state index is 0.152. The lowest BCUT2D eigenvalue weighted by Gasteiger charge is -2.31. The molecule has 0 aromatic heterocycles. The van der Waals surface area contributed by atoms with Gasteiger partial charge in [0.25, 0.3) is 0 Å². The number of rotatable bonds is 5. The molecule has 0 saturated carbocycles. The van der Waals surface area contributed by atoms with Crippen LogP contribution in [-0.4, -0.2) is 28.8 Å². The summed E-state index contributed by atoms with van der Waals surface area (Å²) in [4.78, 5) is 2.08. The Balaban J connectivity index is 3.17. The molecule has 0 atom stereocenters. The molecule has 0 aliphatic rings. The molecule has 0 fully saturated rings. The topological polar surface area (TPSA) is 49.5 Å². The maximum atomic E-state index is 13.2. The number of halogens is 1. The van der Waals surface area contributed by atoms with Crippen LogP contribution in [0.3, 0.4) is 0 Å². The van der Waals surface area contributed by atoms with Crippen LogP contribution >= 0.6 is 12.2 Å². The maximum absolute atomic E-state index is 13.2. The Labute approximate surface area is 112 Å². The van der Waals surface area contributed by atoms with E-state index in [1.807, 2.05) is 11.8 Å². The molecule has 3 nitrogen and oxygen atoms in total. The van der Waals surface area contributed by atoms with Crippen molar-refractivity contribution in [3.8, 4) is 0 Å². The number of aliphatic hydroxyl groups is 1.